The van der Waals surface area contributed by atoms with E-state index in [1.54, 1.807) is 14.7 Å². The topological polar surface area (TPSA) is 183 Å². The number of ether oxygens (including phenoxy) is 6. The smallest absolute Gasteiger partial charge is 0.410 e. The van der Waals surface area contributed by atoms with Crippen LogP contribution in [0.2, 0.25) is 0 Å². The average molecular weight is 1250 g/mol. The van der Waals surface area contributed by atoms with E-state index in [2.05, 4.69) is 58.7 Å². The summed E-state index contributed by atoms with van der Waals surface area (Å²) in [4.78, 5) is 90.2. The van der Waals surface area contributed by atoms with E-state index in [1.807, 2.05) is 125 Å². The second-order valence-electron chi connectivity index (χ2n) is 34.4. The molecule has 0 radical (unpaired) electrons. The van der Waals surface area contributed by atoms with Crippen molar-refractivity contribution in [1.29, 1.82) is 0 Å². The minimum absolute atomic E-state index is 0.0281. The molecule has 3 heterocycles. The molecule has 11 rings (SSSR count). The molecule has 3 saturated heterocycles. The fourth-order valence-electron chi connectivity index (χ4n) is 18.0. The van der Waals surface area contributed by atoms with Crippen molar-refractivity contribution in [3.8, 4) is 0 Å². The Morgan fingerprint density at radius 1 is 0.478 bits per heavy atom. The van der Waals surface area contributed by atoms with Crippen LogP contribution in [0.25, 0.3) is 0 Å². The summed E-state index contributed by atoms with van der Waals surface area (Å²) in [5.41, 5.74) is 0.911. The van der Waals surface area contributed by atoms with Gasteiger partial charge in [-0.2, -0.15) is 0 Å². The third-order valence-electron chi connectivity index (χ3n) is 20.8. The number of esters is 3. The van der Waals surface area contributed by atoms with Crippen LogP contribution in [0.3, 0.4) is 0 Å². The molecule has 498 valence electrons. The number of carbonyl (C=O) groups is 6. The van der Waals surface area contributed by atoms with Crippen LogP contribution in [0, 0.1) is 81.8 Å². The number of hydrogen-bond donors (Lipinski definition) is 1. The van der Waals surface area contributed by atoms with Crippen molar-refractivity contribution in [2.24, 2.45) is 81.8 Å². The highest BCUT2D eigenvalue weighted by Gasteiger charge is 3.09. The first-order chi connectivity index (χ1) is 41.7. The summed E-state index contributed by atoms with van der Waals surface area (Å²) in [6.45, 7) is 40.7. The fraction of sp³-hybridized carbons (Fsp3) is 0.753. The molecule has 0 bridgehead atoms. The minimum atomic E-state index is -0.682. The Labute approximate surface area is 537 Å². The molecule has 2 aromatic carbocycles. The minimum Gasteiger partial charge on any atom is -0.460 e. The van der Waals surface area contributed by atoms with Crippen LogP contribution >= 0.6 is 0 Å². The molecule has 4 unspecified atom stereocenters. The summed E-state index contributed by atoms with van der Waals surface area (Å²) in [5.74, 6) is 2.20. The number of amides is 3. The predicted octanol–water partition coefficient (Wildman–Crippen LogP) is 12.1. The molecule has 90 heavy (non-hydrogen) atoms. The number of likely N-dealkylation sites (tertiary alicyclic amines) is 3. The van der Waals surface area contributed by atoms with Gasteiger partial charge in [-0.3, -0.25) is 19.3 Å². The van der Waals surface area contributed by atoms with Crippen LogP contribution in [0.15, 0.2) is 48.5 Å². The van der Waals surface area contributed by atoms with Gasteiger partial charge in [-0.1, -0.05) is 48.5 Å². The molecule has 2 aromatic rings. The highest BCUT2D eigenvalue weighted by atomic mass is 16.6. The lowest BCUT2D eigenvalue weighted by Gasteiger charge is -3.12. The molecule has 6 saturated carbocycles. The second kappa shape index (κ2) is 24.5. The van der Waals surface area contributed by atoms with Gasteiger partial charge in [0.2, 0.25) is 0 Å². The van der Waals surface area contributed by atoms with Crippen molar-refractivity contribution in [3.63, 3.8) is 0 Å². The zero-order valence-electron chi connectivity index (χ0n) is 57.8. The summed E-state index contributed by atoms with van der Waals surface area (Å²) in [6, 6.07) is 17.1. The Morgan fingerprint density at radius 3 is 1.18 bits per heavy atom. The Bertz CT molecular complexity index is 2860. The number of rotatable bonds is 21. The molecule has 9 fully saturated rings. The summed E-state index contributed by atoms with van der Waals surface area (Å²) in [6.07, 6.45) is 2.83. The van der Waals surface area contributed by atoms with Crippen LogP contribution in [-0.2, 0) is 68.7 Å². The molecule has 17 heteroatoms. The summed E-state index contributed by atoms with van der Waals surface area (Å²) >= 11 is 0. The molecular weight excluding hydrogens is 1140 g/mol. The van der Waals surface area contributed by atoms with E-state index in [0.717, 1.165) is 72.5 Å². The number of nitrogens with zero attached hydrogens (tertiary/aromatic N) is 4. The lowest BCUT2D eigenvalue weighted by atomic mass is 8.92. The average Bonchev–Trinajstić information content (AvgIpc) is 1.32. The van der Waals surface area contributed by atoms with Crippen LogP contribution in [0.5, 0.6) is 0 Å². The van der Waals surface area contributed by atoms with Gasteiger partial charge in [0.05, 0.1) is 17.8 Å². The first-order valence-electron chi connectivity index (χ1n) is 33.9. The van der Waals surface area contributed by atoms with Crippen LogP contribution in [0.4, 0.5) is 14.4 Å². The third kappa shape index (κ3) is 14.2. The zero-order valence-corrected chi connectivity index (χ0v) is 57.8. The van der Waals surface area contributed by atoms with Gasteiger partial charge in [0.15, 0.2) is 0 Å². The molecule has 0 spiro atoms. The quantitative estimate of drug-likeness (QED) is 0.0708. The van der Waals surface area contributed by atoms with Gasteiger partial charge < -0.3 is 48.4 Å². The van der Waals surface area contributed by atoms with Crippen molar-refractivity contribution in [2.75, 3.05) is 58.9 Å². The van der Waals surface area contributed by atoms with E-state index in [1.165, 1.54) is 0 Å². The second-order valence-corrected chi connectivity index (χ2v) is 34.4. The van der Waals surface area contributed by atoms with Crippen molar-refractivity contribution < 1.29 is 57.2 Å². The van der Waals surface area contributed by atoms with Crippen LogP contribution < -0.4 is 5.32 Å². The molecule has 3 amide bonds. The highest BCUT2D eigenvalue weighted by Crippen LogP contribution is 3.11. The summed E-state index contributed by atoms with van der Waals surface area (Å²) < 4.78 is 35.7. The van der Waals surface area contributed by atoms with Crippen LogP contribution in [0.1, 0.15) is 173 Å². The molecule has 0 aromatic heterocycles. The Morgan fingerprint density at radius 2 is 0.811 bits per heavy atom. The fourth-order valence-corrected chi connectivity index (χ4v) is 18.0. The zero-order chi connectivity index (χ0) is 65.6. The SMILES string of the molecule is CC(C)(C)OC(=O)[C@@H](Cc1cccc(CN(CCNCC23C4C5C6C4C2C6(C[C@H](C(=O)OC(C)(C)C)[C@H]2CCN(C(=O)OC(C)(C)C)C2)C53)Cc2cccc(C[C@H](C(=O)OC(C)(C)C)[C@H]3CCN(C(=O)OC(C)(C)C)C3)c2)c1)[C@H]1CCN(C(=O)OC(C)(C)C)C1. The first kappa shape index (κ1) is 67.5. The van der Waals surface area contributed by atoms with Gasteiger partial charge in [-0.05, 0) is 249 Å². The van der Waals surface area contributed by atoms with Crippen LogP contribution in [-0.4, -0.2) is 148 Å². The van der Waals surface area contributed by atoms with Gasteiger partial charge >= 0.3 is 36.2 Å². The van der Waals surface area contributed by atoms with Crippen molar-refractivity contribution in [1.82, 2.24) is 24.9 Å². The molecule has 3 aliphatic heterocycles. The summed E-state index contributed by atoms with van der Waals surface area (Å²) in [7, 11) is 0. The normalized spacial score (nSPS) is 29.1. The van der Waals surface area contributed by atoms with Crippen molar-refractivity contribution in [2.45, 2.75) is 210 Å². The maximum Gasteiger partial charge on any atom is 0.410 e. The summed E-state index contributed by atoms with van der Waals surface area (Å²) in [5, 5.41) is 4.02. The standard InChI is InChI=1S/C73H109N5O12/c1-66(2,3)85-60(79)51(48-25-29-76(40-48)63(82)88-69(10,11)12)35-44-21-19-23-46(33-44)38-75(39-47-24-20-22-45(34-47)36-52(61(80)86-67(4,5)6)49-26-30-77(41-49)64(83)89-70(13,14)15)32-28-74-43-73-57-54-56-55(57)59(73)72(56,58(54)73)37-53(62(81)87-68(7,8)9)50-27-31-78(42-50)65(84)90-71(16,17)18/h19-24,33-34,48-59,74H,25-32,35-43H2,1-18H3/t48-,49-,50-,51-,52-,53-,54?,55?,56?,57?,58?,59?,72?,73?/m0/s1. The van der Waals surface area contributed by atoms with Gasteiger partial charge in [0.1, 0.15) is 33.6 Å². The number of benzene rings is 2. The Hall–Kier alpha value is -5.42. The lowest BCUT2D eigenvalue weighted by molar-refractivity contribution is -0.659. The molecule has 17 nitrogen and oxygen atoms in total. The maximum atomic E-state index is 14.3. The monoisotopic (exact) mass is 1250 g/mol. The Balaban J connectivity index is 0.854. The Kier molecular flexibility index (Phi) is 18.4. The third-order valence-corrected chi connectivity index (χ3v) is 20.8. The van der Waals surface area contributed by atoms with E-state index >= 15 is 0 Å². The van der Waals surface area contributed by atoms with E-state index in [9.17, 15) is 28.8 Å². The van der Waals surface area contributed by atoms with Crippen molar-refractivity contribution >= 4 is 36.2 Å². The molecular formula is C73H109N5O12. The van der Waals surface area contributed by atoms with E-state index in [0.29, 0.717) is 95.8 Å². The first-order valence-corrected chi connectivity index (χ1v) is 33.9. The highest BCUT2D eigenvalue weighted by molar-refractivity contribution is 5.76. The lowest BCUT2D eigenvalue weighted by Crippen LogP contribution is -3.10. The number of hydrogen-bond acceptors (Lipinski definition) is 14. The van der Waals surface area contributed by atoms with Gasteiger partial charge in [0, 0.05) is 72.0 Å². The van der Waals surface area contributed by atoms with E-state index in [-0.39, 0.29) is 70.7 Å². The van der Waals surface area contributed by atoms with Gasteiger partial charge in [-0.25, -0.2) is 14.4 Å². The molecule has 9 aliphatic rings. The molecule has 6 aliphatic carbocycles. The predicted molar refractivity (Wildman–Crippen MR) is 343 cm³/mol. The molecule has 10 atom stereocenters. The van der Waals surface area contributed by atoms with E-state index < -0.39 is 45.4 Å². The maximum absolute atomic E-state index is 14.3. The van der Waals surface area contributed by atoms with E-state index in [4.69, 9.17) is 28.4 Å². The molecule has 1 N–H and O–H groups in total. The van der Waals surface area contributed by atoms with Gasteiger partial charge in [0.25, 0.3) is 0 Å². The number of nitrogens with one attached hydrogen (secondary N) is 1. The van der Waals surface area contributed by atoms with Gasteiger partial charge in [-0.15, -0.1) is 0 Å². The van der Waals surface area contributed by atoms with Crippen molar-refractivity contribution in [3.05, 3.63) is 70.8 Å². The number of carbonyl (C=O) groups excluding carboxylic acids is 6. The largest absolute Gasteiger partial charge is 0.460 e.